The van der Waals surface area contributed by atoms with Gasteiger partial charge in [-0.3, -0.25) is 0 Å². The van der Waals surface area contributed by atoms with Crippen molar-refractivity contribution >= 4 is 17.3 Å². The van der Waals surface area contributed by atoms with Gasteiger partial charge in [-0.1, -0.05) is 45.4 Å². The van der Waals surface area contributed by atoms with Crippen LogP contribution in [0.1, 0.15) is 39.7 Å². The summed E-state index contributed by atoms with van der Waals surface area (Å²) in [7, 11) is 0. The fourth-order valence-electron chi connectivity index (χ4n) is 2.95. The van der Waals surface area contributed by atoms with E-state index >= 15 is 0 Å². The number of hydrogen-bond acceptors (Lipinski definition) is 2. The molecule has 0 radical (unpaired) electrons. The van der Waals surface area contributed by atoms with Gasteiger partial charge in [-0.2, -0.15) is 0 Å². The van der Waals surface area contributed by atoms with Crippen LogP contribution in [0.3, 0.4) is 0 Å². The highest BCUT2D eigenvalue weighted by atomic mass is 35.5. The first kappa shape index (κ1) is 15.7. The van der Waals surface area contributed by atoms with Crippen LogP contribution in [-0.2, 0) is 0 Å². The molecule has 2 unspecified atom stereocenters. The Kier molecular flexibility index (Phi) is 4.66. The maximum absolute atomic E-state index is 6.31. The standard InChI is InChI=1S/C17H27ClN2/c1-6-13-10-19-16(17(3,4)5)11-20(13)15-9-7-8-14(18)12(15)2/h7-9,13,16,19H,6,10-11H2,1-5H3. The number of nitrogens with one attached hydrogen (secondary N) is 1. The van der Waals surface area contributed by atoms with E-state index in [4.69, 9.17) is 11.6 Å². The van der Waals surface area contributed by atoms with Crippen molar-refractivity contribution in [2.45, 2.75) is 53.1 Å². The zero-order chi connectivity index (χ0) is 14.9. The fourth-order valence-corrected chi connectivity index (χ4v) is 3.12. The maximum Gasteiger partial charge on any atom is 0.0455 e. The van der Waals surface area contributed by atoms with Gasteiger partial charge < -0.3 is 10.2 Å². The quantitative estimate of drug-likeness (QED) is 0.877. The van der Waals surface area contributed by atoms with Crippen molar-refractivity contribution in [2.24, 2.45) is 5.41 Å². The van der Waals surface area contributed by atoms with Crippen LogP contribution in [0.2, 0.25) is 5.02 Å². The highest BCUT2D eigenvalue weighted by molar-refractivity contribution is 6.31. The van der Waals surface area contributed by atoms with Crippen LogP contribution in [0, 0.1) is 12.3 Å². The van der Waals surface area contributed by atoms with Crippen LogP contribution in [0.5, 0.6) is 0 Å². The van der Waals surface area contributed by atoms with Crippen molar-refractivity contribution in [3.05, 3.63) is 28.8 Å². The molecule has 0 bridgehead atoms. The lowest BCUT2D eigenvalue weighted by Gasteiger charge is -2.46. The summed E-state index contributed by atoms with van der Waals surface area (Å²) >= 11 is 6.31. The Labute approximate surface area is 128 Å². The second kappa shape index (κ2) is 5.95. The van der Waals surface area contributed by atoms with Gasteiger partial charge in [0, 0.05) is 35.9 Å². The first-order valence-corrected chi connectivity index (χ1v) is 7.97. The molecule has 1 aliphatic rings. The molecule has 1 fully saturated rings. The Morgan fingerprint density at radius 3 is 2.65 bits per heavy atom. The second-order valence-electron chi connectivity index (χ2n) is 6.93. The Morgan fingerprint density at radius 1 is 1.35 bits per heavy atom. The van der Waals surface area contributed by atoms with Gasteiger partial charge in [0.2, 0.25) is 0 Å². The number of anilines is 1. The first-order valence-electron chi connectivity index (χ1n) is 7.59. The zero-order valence-electron chi connectivity index (χ0n) is 13.3. The molecule has 1 saturated heterocycles. The van der Waals surface area contributed by atoms with E-state index in [9.17, 15) is 0 Å². The van der Waals surface area contributed by atoms with Crippen LogP contribution in [0.4, 0.5) is 5.69 Å². The molecule has 0 saturated carbocycles. The molecular formula is C17H27ClN2. The number of piperazine rings is 1. The summed E-state index contributed by atoms with van der Waals surface area (Å²) < 4.78 is 0. The van der Waals surface area contributed by atoms with Gasteiger partial charge in [0.25, 0.3) is 0 Å². The average molecular weight is 295 g/mol. The molecular weight excluding hydrogens is 268 g/mol. The minimum absolute atomic E-state index is 0.267. The van der Waals surface area contributed by atoms with Gasteiger partial charge in [0.15, 0.2) is 0 Å². The van der Waals surface area contributed by atoms with Crippen molar-refractivity contribution < 1.29 is 0 Å². The molecule has 1 aromatic carbocycles. The van der Waals surface area contributed by atoms with Crippen LogP contribution in [0.25, 0.3) is 0 Å². The smallest absolute Gasteiger partial charge is 0.0455 e. The van der Waals surface area contributed by atoms with Gasteiger partial charge >= 0.3 is 0 Å². The topological polar surface area (TPSA) is 15.3 Å². The predicted molar refractivity (Wildman–Crippen MR) is 88.9 cm³/mol. The average Bonchev–Trinajstić information content (AvgIpc) is 2.40. The van der Waals surface area contributed by atoms with Crippen LogP contribution in [0.15, 0.2) is 18.2 Å². The lowest BCUT2D eigenvalue weighted by atomic mass is 9.84. The molecule has 0 aliphatic carbocycles. The highest BCUT2D eigenvalue weighted by Crippen LogP contribution is 2.32. The van der Waals surface area contributed by atoms with Gasteiger partial charge in [0.1, 0.15) is 0 Å². The summed E-state index contributed by atoms with van der Waals surface area (Å²) in [5.74, 6) is 0. The lowest BCUT2D eigenvalue weighted by Crippen LogP contribution is -2.60. The molecule has 0 aromatic heterocycles. The van der Waals surface area contributed by atoms with E-state index in [2.05, 4.69) is 57.0 Å². The lowest BCUT2D eigenvalue weighted by molar-refractivity contribution is 0.233. The molecule has 3 heteroatoms. The van der Waals surface area contributed by atoms with Gasteiger partial charge in [-0.05, 0) is 36.5 Å². The number of rotatable bonds is 2. The van der Waals surface area contributed by atoms with E-state index in [0.29, 0.717) is 12.1 Å². The molecule has 112 valence electrons. The number of hydrogen-bond donors (Lipinski definition) is 1. The van der Waals surface area contributed by atoms with Crippen molar-refractivity contribution in [3.63, 3.8) is 0 Å². The second-order valence-corrected chi connectivity index (χ2v) is 7.33. The molecule has 20 heavy (non-hydrogen) atoms. The van der Waals surface area contributed by atoms with E-state index < -0.39 is 0 Å². The molecule has 1 heterocycles. The molecule has 2 rings (SSSR count). The third-order valence-corrected chi connectivity index (χ3v) is 4.89. The third kappa shape index (κ3) is 3.12. The first-order chi connectivity index (χ1) is 9.34. The van der Waals surface area contributed by atoms with Crippen LogP contribution < -0.4 is 10.2 Å². The Hall–Kier alpha value is -0.730. The fraction of sp³-hybridized carbons (Fsp3) is 0.647. The molecule has 1 aliphatic heterocycles. The minimum atomic E-state index is 0.267. The van der Waals surface area contributed by atoms with Crippen LogP contribution in [-0.4, -0.2) is 25.2 Å². The minimum Gasteiger partial charge on any atom is -0.365 e. The zero-order valence-corrected chi connectivity index (χ0v) is 14.1. The van der Waals surface area contributed by atoms with Gasteiger partial charge in [-0.25, -0.2) is 0 Å². The largest absolute Gasteiger partial charge is 0.365 e. The molecule has 2 atom stereocenters. The Bertz CT molecular complexity index is 465. The number of nitrogens with zero attached hydrogens (tertiary/aromatic N) is 1. The summed E-state index contributed by atoms with van der Waals surface area (Å²) in [5.41, 5.74) is 2.76. The number of benzene rings is 1. The Morgan fingerprint density at radius 2 is 2.05 bits per heavy atom. The molecule has 0 amide bonds. The highest BCUT2D eigenvalue weighted by Gasteiger charge is 2.34. The van der Waals surface area contributed by atoms with Crippen molar-refractivity contribution in [2.75, 3.05) is 18.0 Å². The summed E-state index contributed by atoms with van der Waals surface area (Å²) in [6, 6.07) is 7.29. The third-order valence-electron chi connectivity index (χ3n) is 4.49. The van der Waals surface area contributed by atoms with Crippen molar-refractivity contribution in [1.82, 2.24) is 5.32 Å². The van der Waals surface area contributed by atoms with Crippen molar-refractivity contribution in [3.8, 4) is 0 Å². The molecule has 0 spiro atoms. The summed E-state index contributed by atoms with van der Waals surface area (Å²) in [6.45, 7) is 13.4. The van der Waals surface area contributed by atoms with E-state index in [1.165, 1.54) is 11.3 Å². The Balaban J connectivity index is 2.32. The van der Waals surface area contributed by atoms with Gasteiger partial charge in [-0.15, -0.1) is 0 Å². The number of halogens is 1. The normalized spacial score (nSPS) is 24.0. The monoisotopic (exact) mass is 294 g/mol. The van der Waals surface area contributed by atoms with E-state index in [-0.39, 0.29) is 5.41 Å². The summed E-state index contributed by atoms with van der Waals surface area (Å²) in [5, 5.41) is 4.58. The summed E-state index contributed by atoms with van der Waals surface area (Å²) in [6.07, 6.45) is 1.15. The maximum atomic E-state index is 6.31. The van der Waals surface area contributed by atoms with E-state index in [1.54, 1.807) is 0 Å². The van der Waals surface area contributed by atoms with Crippen LogP contribution >= 0.6 is 11.6 Å². The van der Waals surface area contributed by atoms with Crippen molar-refractivity contribution in [1.29, 1.82) is 0 Å². The van der Waals surface area contributed by atoms with E-state index in [1.807, 2.05) is 6.07 Å². The predicted octanol–water partition coefficient (Wildman–Crippen LogP) is 4.25. The van der Waals surface area contributed by atoms with E-state index in [0.717, 1.165) is 24.5 Å². The molecule has 1 aromatic rings. The van der Waals surface area contributed by atoms with Gasteiger partial charge in [0.05, 0.1) is 0 Å². The molecule has 1 N–H and O–H groups in total. The summed E-state index contributed by atoms with van der Waals surface area (Å²) in [4.78, 5) is 2.55. The molecule has 2 nitrogen and oxygen atoms in total. The SMILES string of the molecule is CCC1CNC(C(C)(C)C)CN1c1cccc(Cl)c1C.